The van der Waals surface area contributed by atoms with Crippen LogP contribution in [-0.4, -0.2) is 56.4 Å². The van der Waals surface area contributed by atoms with Crippen LogP contribution in [-0.2, 0) is 20.7 Å². The molecular weight excluding hydrogens is 282 g/mol. The van der Waals surface area contributed by atoms with Crippen molar-refractivity contribution in [1.82, 2.24) is 4.90 Å². The summed E-state index contributed by atoms with van der Waals surface area (Å²) in [5.41, 5.74) is 0.834. The van der Waals surface area contributed by atoms with Gasteiger partial charge in [-0.25, -0.2) is 0 Å². The molecule has 0 unspecified atom stereocenters. The maximum Gasteiger partial charge on any atom is 0.227 e. The van der Waals surface area contributed by atoms with Crippen LogP contribution >= 0.6 is 0 Å². The van der Waals surface area contributed by atoms with Gasteiger partial charge in [0.15, 0.2) is 0 Å². The van der Waals surface area contributed by atoms with Crippen LogP contribution in [0.4, 0.5) is 0 Å². The summed E-state index contributed by atoms with van der Waals surface area (Å²) in [5.74, 6) is 0.958. The second kappa shape index (κ2) is 6.26. The maximum absolute atomic E-state index is 12.3. The first-order chi connectivity index (χ1) is 10.6. The molecule has 1 aromatic carbocycles. The molecule has 0 bridgehead atoms. The zero-order valence-electron chi connectivity index (χ0n) is 13.2. The third-order valence-electron chi connectivity index (χ3n) is 4.61. The molecule has 22 heavy (non-hydrogen) atoms. The number of nitrogens with zero attached hydrogens (tertiary/aromatic N) is 1. The molecule has 1 amide bonds. The van der Waals surface area contributed by atoms with Crippen LogP contribution in [0.1, 0.15) is 18.4 Å². The Kier molecular flexibility index (Phi) is 4.36. The highest BCUT2D eigenvalue weighted by atomic mass is 16.5. The lowest BCUT2D eigenvalue weighted by molar-refractivity contribution is -0.198. The molecule has 5 heteroatoms. The van der Waals surface area contributed by atoms with E-state index in [1.807, 2.05) is 29.2 Å². The second-order valence-electron chi connectivity index (χ2n) is 6.16. The Hall–Kier alpha value is -1.59. The van der Waals surface area contributed by atoms with E-state index in [0.29, 0.717) is 19.5 Å². The molecule has 2 fully saturated rings. The summed E-state index contributed by atoms with van der Waals surface area (Å²) in [7, 11) is 3.38. The van der Waals surface area contributed by atoms with Crippen molar-refractivity contribution < 1.29 is 19.0 Å². The van der Waals surface area contributed by atoms with E-state index in [9.17, 15) is 4.79 Å². The van der Waals surface area contributed by atoms with Gasteiger partial charge in [0.1, 0.15) is 11.4 Å². The van der Waals surface area contributed by atoms with E-state index < -0.39 is 0 Å². The highest BCUT2D eigenvalue weighted by molar-refractivity contribution is 5.80. The average Bonchev–Trinajstić information content (AvgIpc) is 2.53. The highest BCUT2D eigenvalue weighted by Crippen LogP contribution is 2.35. The SMILES string of the molecule is COc1ccc(CC(=O)N2CC3(C[C@@H](OC)CCO3)C2)cc1. The number of amides is 1. The molecule has 0 aliphatic carbocycles. The van der Waals surface area contributed by atoms with E-state index in [4.69, 9.17) is 14.2 Å². The van der Waals surface area contributed by atoms with E-state index in [-0.39, 0.29) is 17.6 Å². The topological polar surface area (TPSA) is 48.0 Å². The lowest BCUT2D eigenvalue weighted by Gasteiger charge is -2.53. The van der Waals surface area contributed by atoms with Gasteiger partial charge in [-0.05, 0) is 24.1 Å². The molecule has 0 radical (unpaired) electrons. The smallest absolute Gasteiger partial charge is 0.227 e. The molecule has 0 N–H and O–H groups in total. The normalized spacial score (nSPS) is 23.2. The first-order valence-electron chi connectivity index (χ1n) is 7.71. The van der Waals surface area contributed by atoms with Crippen molar-refractivity contribution >= 4 is 5.91 Å². The standard InChI is InChI=1S/C17H23NO4/c1-20-14-5-3-13(4-6-14)9-16(19)18-11-17(12-18)10-15(21-2)7-8-22-17/h3-6,15H,7-12H2,1-2H3/t15-/m0/s1. The summed E-state index contributed by atoms with van der Waals surface area (Å²) in [5, 5.41) is 0. The summed E-state index contributed by atoms with van der Waals surface area (Å²) in [6, 6.07) is 7.63. The number of benzene rings is 1. The zero-order chi connectivity index (χ0) is 15.6. The van der Waals surface area contributed by atoms with Crippen molar-refractivity contribution in [3.05, 3.63) is 29.8 Å². The quantitative estimate of drug-likeness (QED) is 0.848. The number of hydrogen-bond acceptors (Lipinski definition) is 4. The number of hydrogen-bond donors (Lipinski definition) is 0. The minimum absolute atomic E-state index is 0.152. The molecule has 2 aliphatic heterocycles. The first-order valence-corrected chi connectivity index (χ1v) is 7.71. The molecule has 0 saturated carbocycles. The van der Waals surface area contributed by atoms with Crippen LogP contribution in [0.15, 0.2) is 24.3 Å². The average molecular weight is 305 g/mol. The number of ether oxygens (including phenoxy) is 3. The van der Waals surface area contributed by atoms with Crippen molar-refractivity contribution in [3.63, 3.8) is 0 Å². The van der Waals surface area contributed by atoms with Gasteiger partial charge in [0, 0.05) is 20.1 Å². The van der Waals surface area contributed by atoms with Crippen molar-refractivity contribution in [3.8, 4) is 5.75 Å². The fourth-order valence-electron chi connectivity index (χ4n) is 3.26. The van der Waals surface area contributed by atoms with E-state index >= 15 is 0 Å². The Morgan fingerprint density at radius 2 is 2.05 bits per heavy atom. The Morgan fingerprint density at radius 3 is 2.68 bits per heavy atom. The molecule has 1 atom stereocenters. The predicted octanol–water partition coefficient (Wildman–Crippen LogP) is 1.64. The van der Waals surface area contributed by atoms with E-state index in [2.05, 4.69) is 0 Å². The predicted molar refractivity (Wildman–Crippen MR) is 82.0 cm³/mol. The van der Waals surface area contributed by atoms with Crippen LogP contribution in [0.3, 0.4) is 0 Å². The van der Waals surface area contributed by atoms with Crippen molar-refractivity contribution in [2.24, 2.45) is 0 Å². The van der Waals surface area contributed by atoms with Crippen molar-refractivity contribution in [1.29, 1.82) is 0 Å². The second-order valence-corrected chi connectivity index (χ2v) is 6.16. The highest BCUT2D eigenvalue weighted by Gasteiger charge is 2.49. The first kappa shape index (κ1) is 15.3. The van der Waals surface area contributed by atoms with E-state index in [1.54, 1.807) is 14.2 Å². The largest absolute Gasteiger partial charge is 0.497 e. The Balaban J connectivity index is 1.52. The Labute approximate surface area is 131 Å². The molecule has 3 rings (SSSR count). The summed E-state index contributed by atoms with van der Waals surface area (Å²) >= 11 is 0. The van der Waals surface area contributed by atoms with E-state index in [1.165, 1.54) is 0 Å². The van der Waals surface area contributed by atoms with Gasteiger partial charge in [0.25, 0.3) is 0 Å². The maximum atomic E-state index is 12.3. The summed E-state index contributed by atoms with van der Waals surface area (Å²) < 4.78 is 16.5. The lowest BCUT2D eigenvalue weighted by atomic mass is 9.84. The van der Waals surface area contributed by atoms with Gasteiger partial charge >= 0.3 is 0 Å². The van der Waals surface area contributed by atoms with Crippen molar-refractivity contribution in [2.45, 2.75) is 31.0 Å². The molecule has 1 spiro atoms. The van der Waals surface area contributed by atoms with Crippen LogP contribution in [0.25, 0.3) is 0 Å². The number of carbonyl (C=O) groups excluding carboxylic acids is 1. The van der Waals surface area contributed by atoms with Gasteiger partial charge in [0.05, 0.1) is 32.7 Å². The summed E-state index contributed by atoms with van der Waals surface area (Å²) in [6.07, 6.45) is 2.51. The number of carbonyl (C=O) groups is 1. The molecule has 5 nitrogen and oxygen atoms in total. The van der Waals surface area contributed by atoms with Crippen molar-refractivity contribution in [2.75, 3.05) is 33.9 Å². The van der Waals surface area contributed by atoms with Crippen LogP contribution in [0.5, 0.6) is 5.75 Å². The summed E-state index contributed by atoms with van der Waals surface area (Å²) in [6.45, 7) is 2.09. The number of likely N-dealkylation sites (tertiary alicyclic amines) is 1. The minimum Gasteiger partial charge on any atom is -0.497 e. The van der Waals surface area contributed by atoms with Crippen LogP contribution < -0.4 is 4.74 Å². The Morgan fingerprint density at radius 1 is 1.32 bits per heavy atom. The van der Waals surface area contributed by atoms with Gasteiger partial charge in [0.2, 0.25) is 5.91 Å². The molecule has 2 saturated heterocycles. The molecule has 2 heterocycles. The molecule has 0 aromatic heterocycles. The zero-order valence-corrected chi connectivity index (χ0v) is 13.2. The van der Waals surface area contributed by atoms with Gasteiger partial charge in [-0.3, -0.25) is 4.79 Å². The van der Waals surface area contributed by atoms with E-state index in [0.717, 1.165) is 30.8 Å². The fraction of sp³-hybridized carbons (Fsp3) is 0.588. The molecule has 1 aromatic rings. The number of methoxy groups -OCH3 is 2. The summed E-state index contributed by atoms with van der Waals surface area (Å²) in [4.78, 5) is 14.2. The lowest BCUT2D eigenvalue weighted by Crippen LogP contribution is -2.67. The monoisotopic (exact) mass is 305 g/mol. The molecule has 2 aliphatic rings. The molecular formula is C17H23NO4. The minimum atomic E-state index is -0.172. The van der Waals surface area contributed by atoms with Gasteiger partial charge in [-0.15, -0.1) is 0 Å². The number of rotatable bonds is 4. The molecule has 120 valence electrons. The fourth-order valence-corrected chi connectivity index (χ4v) is 3.26. The van der Waals surface area contributed by atoms with Gasteiger partial charge in [-0.2, -0.15) is 0 Å². The van der Waals surface area contributed by atoms with Crippen LogP contribution in [0.2, 0.25) is 0 Å². The third-order valence-corrected chi connectivity index (χ3v) is 4.61. The van der Waals surface area contributed by atoms with Crippen LogP contribution in [0, 0.1) is 0 Å². The van der Waals surface area contributed by atoms with Gasteiger partial charge in [-0.1, -0.05) is 12.1 Å². The van der Waals surface area contributed by atoms with Gasteiger partial charge < -0.3 is 19.1 Å². The Bertz CT molecular complexity index is 522. The third kappa shape index (κ3) is 3.10.